The molecule has 0 atom stereocenters. The fraction of sp³-hybridized carbons (Fsp3) is 0.286. The van der Waals surface area contributed by atoms with Crippen molar-refractivity contribution in [1.82, 2.24) is 0 Å². The Morgan fingerprint density at radius 2 is 1.80 bits per heavy atom. The van der Waals surface area contributed by atoms with Crippen LogP contribution >= 0.6 is 15.9 Å². The Bertz CT molecular complexity index is 585. The number of cyclic esters (lactones) is 2. The van der Waals surface area contributed by atoms with E-state index in [4.69, 9.17) is 9.47 Å². The van der Waals surface area contributed by atoms with Crippen molar-refractivity contribution in [3.05, 3.63) is 40.0 Å². The number of anilines is 1. The Morgan fingerprint density at radius 3 is 2.40 bits per heavy atom. The molecule has 20 heavy (non-hydrogen) atoms. The van der Waals surface area contributed by atoms with E-state index < -0.39 is 17.7 Å². The summed E-state index contributed by atoms with van der Waals surface area (Å²) in [6.45, 7) is 4.95. The number of hydrogen-bond donors (Lipinski definition) is 1. The fourth-order valence-electron chi connectivity index (χ4n) is 1.68. The van der Waals surface area contributed by atoms with Crippen LogP contribution in [0.25, 0.3) is 0 Å². The standard InChI is InChI=1S/C14H14BrNO4/c1-8-4-5-10(15)11(6-8)16-7-9-12(17)19-14(2,3)20-13(9)18/h4-7,16H,1-3H3. The van der Waals surface area contributed by atoms with Crippen LogP contribution in [0.4, 0.5) is 5.69 Å². The molecule has 1 aromatic carbocycles. The molecule has 0 aromatic heterocycles. The lowest BCUT2D eigenvalue weighted by molar-refractivity contribution is -0.222. The minimum absolute atomic E-state index is 0.169. The second-order valence-corrected chi connectivity index (χ2v) is 5.72. The molecule has 1 aromatic rings. The maximum absolute atomic E-state index is 11.8. The number of esters is 2. The molecule has 1 heterocycles. The number of halogens is 1. The second kappa shape index (κ2) is 5.28. The molecule has 0 saturated carbocycles. The minimum atomic E-state index is -1.23. The summed E-state index contributed by atoms with van der Waals surface area (Å²) in [6, 6.07) is 5.69. The van der Waals surface area contributed by atoms with E-state index in [-0.39, 0.29) is 5.57 Å². The maximum atomic E-state index is 11.8. The summed E-state index contributed by atoms with van der Waals surface area (Å²) in [5.74, 6) is -2.64. The van der Waals surface area contributed by atoms with Gasteiger partial charge in [-0.2, -0.15) is 0 Å². The summed E-state index contributed by atoms with van der Waals surface area (Å²) in [7, 11) is 0. The van der Waals surface area contributed by atoms with Gasteiger partial charge in [0, 0.05) is 24.5 Å². The van der Waals surface area contributed by atoms with Gasteiger partial charge in [-0.15, -0.1) is 0 Å². The largest absolute Gasteiger partial charge is 0.419 e. The number of aryl methyl sites for hydroxylation is 1. The van der Waals surface area contributed by atoms with Crippen LogP contribution in [-0.2, 0) is 19.1 Å². The van der Waals surface area contributed by atoms with Gasteiger partial charge in [-0.3, -0.25) is 0 Å². The van der Waals surface area contributed by atoms with Crippen LogP contribution in [0.15, 0.2) is 34.4 Å². The lowest BCUT2D eigenvalue weighted by Gasteiger charge is -2.29. The third kappa shape index (κ3) is 3.19. The highest BCUT2D eigenvalue weighted by molar-refractivity contribution is 9.10. The van der Waals surface area contributed by atoms with E-state index in [9.17, 15) is 9.59 Å². The van der Waals surface area contributed by atoms with Crippen LogP contribution in [0.3, 0.4) is 0 Å². The molecule has 106 valence electrons. The summed E-state index contributed by atoms with van der Waals surface area (Å²) >= 11 is 3.38. The molecule has 2 rings (SSSR count). The van der Waals surface area contributed by atoms with Crippen LogP contribution in [0, 0.1) is 6.92 Å². The molecule has 1 saturated heterocycles. The van der Waals surface area contributed by atoms with Crippen LogP contribution in [-0.4, -0.2) is 17.7 Å². The molecular formula is C14H14BrNO4. The number of carbonyl (C=O) groups is 2. The molecule has 5 nitrogen and oxygen atoms in total. The third-order valence-corrected chi connectivity index (χ3v) is 3.30. The van der Waals surface area contributed by atoms with Crippen molar-refractivity contribution in [3.63, 3.8) is 0 Å². The predicted octanol–water partition coefficient (Wildman–Crippen LogP) is 2.89. The van der Waals surface area contributed by atoms with Crippen LogP contribution in [0.2, 0.25) is 0 Å². The van der Waals surface area contributed by atoms with Crippen molar-refractivity contribution in [3.8, 4) is 0 Å². The lowest BCUT2D eigenvalue weighted by atomic mass is 10.2. The summed E-state index contributed by atoms with van der Waals surface area (Å²) in [5.41, 5.74) is 1.62. The summed E-state index contributed by atoms with van der Waals surface area (Å²) in [6.07, 6.45) is 1.29. The van der Waals surface area contributed by atoms with Crippen LogP contribution in [0.1, 0.15) is 19.4 Å². The average molecular weight is 340 g/mol. The Morgan fingerprint density at radius 1 is 1.20 bits per heavy atom. The summed E-state index contributed by atoms with van der Waals surface area (Å²) < 4.78 is 10.8. The van der Waals surface area contributed by atoms with E-state index in [1.807, 2.05) is 25.1 Å². The number of nitrogens with one attached hydrogen (secondary N) is 1. The van der Waals surface area contributed by atoms with E-state index in [2.05, 4.69) is 21.2 Å². The molecule has 0 aliphatic carbocycles. The van der Waals surface area contributed by atoms with E-state index in [1.165, 1.54) is 20.0 Å². The number of hydrogen-bond acceptors (Lipinski definition) is 5. The second-order valence-electron chi connectivity index (χ2n) is 4.86. The van der Waals surface area contributed by atoms with Gasteiger partial charge in [0.05, 0.1) is 5.69 Å². The monoisotopic (exact) mass is 339 g/mol. The van der Waals surface area contributed by atoms with Gasteiger partial charge in [-0.05, 0) is 40.5 Å². The molecule has 0 unspecified atom stereocenters. The zero-order chi connectivity index (χ0) is 14.9. The lowest BCUT2D eigenvalue weighted by Crippen LogP contribution is -2.42. The van der Waals surface area contributed by atoms with Crippen molar-refractivity contribution >= 4 is 33.6 Å². The molecule has 1 aliphatic rings. The van der Waals surface area contributed by atoms with Crippen LogP contribution < -0.4 is 5.32 Å². The van der Waals surface area contributed by atoms with E-state index >= 15 is 0 Å². The highest BCUT2D eigenvalue weighted by Gasteiger charge is 2.38. The SMILES string of the molecule is Cc1ccc(Br)c(NC=C2C(=O)OC(C)(C)OC2=O)c1. The van der Waals surface area contributed by atoms with Crippen LogP contribution in [0.5, 0.6) is 0 Å². The zero-order valence-corrected chi connectivity index (χ0v) is 12.9. The smallest absolute Gasteiger partial charge is 0.350 e. The Balaban J connectivity index is 2.21. The topological polar surface area (TPSA) is 64.6 Å². The molecular weight excluding hydrogens is 326 g/mol. The molecule has 0 bridgehead atoms. The summed E-state index contributed by atoms with van der Waals surface area (Å²) in [4.78, 5) is 23.5. The average Bonchev–Trinajstić information content (AvgIpc) is 2.30. The Kier molecular flexibility index (Phi) is 3.85. The van der Waals surface area contributed by atoms with Gasteiger partial charge in [0.1, 0.15) is 0 Å². The first kappa shape index (κ1) is 14.6. The molecule has 0 radical (unpaired) electrons. The highest BCUT2D eigenvalue weighted by atomic mass is 79.9. The van der Waals surface area contributed by atoms with Crippen molar-refractivity contribution in [2.24, 2.45) is 0 Å². The highest BCUT2D eigenvalue weighted by Crippen LogP contribution is 2.25. The molecule has 0 spiro atoms. The predicted molar refractivity (Wildman–Crippen MR) is 76.8 cm³/mol. The van der Waals surface area contributed by atoms with Gasteiger partial charge in [-0.1, -0.05) is 6.07 Å². The number of ether oxygens (including phenoxy) is 2. The maximum Gasteiger partial charge on any atom is 0.350 e. The summed E-state index contributed by atoms with van der Waals surface area (Å²) in [5, 5.41) is 2.90. The van der Waals surface area contributed by atoms with Gasteiger partial charge in [0.25, 0.3) is 5.79 Å². The molecule has 1 fully saturated rings. The fourth-order valence-corrected chi connectivity index (χ4v) is 2.04. The number of carbonyl (C=O) groups excluding carboxylic acids is 2. The third-order valence-electron chi connectivity index (χ3n) is 2.61. The van der Waals surface area contributed by atoms with Crippen molar-refractivity contribution in [2.75, 3.05) is 5.32 Å². The van der Waals surface area contributed by atoms with Crippen molar-refractivity contribution < 1.29 is 19.1 Å². The first-order valence-corrected chi connectivity index (χ1v) is 6.77. The van der Waals surface area contributed by atoms with Crippen molar-refractivity contribution in [2.45, 2.75) is 26.6 Å². The van der Waals surface area contributed by atoms with E-state index in [0.29, 0.717) is 0 Å². The molecule has 1 aliphatic heterocycles. The zero-order valence-electron chi connectivity index (χ0n) is 11.3. The molecule has 1 N–H and O–H groups in total. The Labute approximate surface area is 125 Å². The number of benzene rings is 1. The first-order chi connectivity index (χ1) is 9.28. The Hall–Kier alpha value is -1.82. The first-order valence-electron chi connectivity index (χ1n) is 5.98. The van der Waals surface area contributed by atoms with Gasteiger partial charge in [0.2, 0.25) is 0 Å². The minimum Gasteiger partial charge on any atom is -0.419 e. The molecule has 6 heteroatoms. The van der Waals surface area contributed by atoms with Gasteiger partial charge in [-0.25, -0.2) is 9.59 Å². The van der Waals surface area contributed by atoms with E-state index in [0.717, 1.165) is 15.7 Å². The number of rotatable bonds is 2. The quantitative estimate of drug-likeness (QED) is 0.510. The van der Waals surface area contributed by atoms with Gasteiger partial charge in [0.15, 0.2) is 5.57 Å². The molecule has 0 amide bonds. The van der Waals surface area contributed by atoms with E-state index in [1.54, 1.807) is 0 Å². The van der Waals surface area contributed by atoms with Crippen molar-refractivity contribution in [1.29, 1.82) is 0 Å². The normalized spacial score (nSPS) is 17.3. The van der Waals surface area contributed by atoms with Gasteiger partial charge >= 0.3 is 11.9 Å². The van der Waals surface area contributed by atoms with Gasteiger partial charge < -0.3 is 14.8 Å².